The summed E-state index contributed by atoms with van der Waals surface area (Å²) in [7, 11) is 0. The Hall–Kier alpha value is -0.450. The fraction of sp³-hybridized carbons (Fsp3) is 0.538. The maximum atomic E-state index is 14.0. The molecule has 1 aromatic carbocycles. The molecule has 0 bridgehead atoms. The highest BCUT2D eigenvalue weighted by Crippen LogP contribution is 2.28. The Bertz CT molecular complexity index is 378. The average molecular weight is 301 g/mol. The standard InChI is InChI=1S/C13H18BrFN2/c1-2-13(17-7-5-16-6-8-17)11-4-3-10(14)9-12(11)15/h3-4,9,13,16H,2,5-8H2,1H3/t13-/m1/s1. The number of hydrogen-bond donors (Lipinski definition) is 1. The molecule has 1 aliphatic heterocycles. The Kier molecular flexibility index (Phi) is 4.54. The van der Waals surface area contributed by atoms with Gasteiger partial charge in [-0.1, -0.05) is 28.9 Å². The van der Waals surface area contributed by atoms with Crippen molar-refractivity contribution in [3.63, 3.8) is 0 Å². The van der Waals surface area contributed by atoms with Gasteiger partial charge in [-0.3, -0.25) is 4.90 Å². The summed E-state index contributed by atoms with van der Waals surface area (Å²) in [6, 6.07) is 5.57. The summed E-state index contributed by atoms with van der Waals surface area (Å²) in [6.45, 7) is 6.10. The minimum Gasteiger partial charge on any atom is -0.314 e. The Balaban J connectivity index is 2.21. The molecule has 0 saturated carbocycles. The SMILES string of the molecule is CC[C@H](c1ccc(Br)cc1F)N1CCNCC1. The number of benzene rings is 1. The molecule has 0 spiro atoms. The molecule has 1 fully saturated rings. The van der Waals surface area contributed by atoms with Crippen molar-refractivity contribution in [3.8, 4) is 0 Å². The van der Waals surface area contributed by atoms with Gasteiger partial charge in [-0.25, -0.2) is 4.39 Å². The van der Waals surface area contributed by atoms with E-state index in [1.54, 1.807) is 6.07 Å². The highest BCUT2D eigenvalue weighted by molar-refractivity contribution is 9.10. The van der Waals surface area contributed by atoms with Crippen LogP contribution in [0.25, 0.3) is 0 Å². The van der Waals surface area contributed by atoms with Gasteiger partial charge in [0.25, 0.3) is 0 Å². The van der Waals surface area contributed by atoms with Crippen molar-refractivity contribution < 1.29 is 4.39 Å². The normalized spacial score (nSPS) is 19.2. The number of halogens is 2. The monoisotopic (exact) mass is 300 g/mol. The van der Waals surface area contributed by atoms with Crippen molar-refractivity contribution in [3.05, 3.63) is 34.1 Å². The summed E-state index contributed by atoms with van der Waals surface area (Å²) >= 11 is 3.30. The third-order valence-electron chi connectivity index (χ3n) is 3.30. The Labute approximate surface area is 110 Å². The van der Waals surface area contributed by atoms with Gasteiger partial charge in [0.15, 0.2) is 0 Å². The van der Waals surface area contributed by atoms with Gasteiger partial charge >= 0.3 is 0 Å². The molecule has 1 saturated heterocycles. The van der Waals surface area contributed by atoms with E-state index in [-0.39, 0.29) is 11.9 Å². The van der Waals surface area contributed by atoms with Crippen LogP contribution in [0.15, 0.2) is 22.7 Å². The molecule has 0 radical (unpaired) electrons. The molecule has 1 N–H and O–H groups in total. The maximum absolute atomic E-state index is 14.0. The summed E-state index contributed by atoms with van der Waals surface area (Å²) in [5, 5.41) is 3.33. The van der Waals surface area contributed by atoms with Gasteiger partial charge in [-0.05, 0) is 18.6 Å². The molecule has 94 valence electrons. The summed E-state index contributed by atoms with van der Waals surface area (Å²) in [5.74, 6) is -0.107. The van der Waals surface area contributed by atoms with E-state index in [1.807, 2.05) is 12.1 Å². The van der Waals surface area contributed by atoms with Crippen LogP contribution in [-0.4, -0.2) is 31.1 Å². The van der Waals surface area contributed by atoms with Crippen LogP contribution >= 0.6 is 15.9 Å². The quantitative estimate of drug-likeness (QED) is 0.923. The zero-order valence-corrected chi connectivity index (χ0v) is 11.6. The lowest BCUT2D eigenvalue weighted by Gasteiger charge is -2.34. The van der Waals surface area contributed by atoms with Gasteiger partial charge in [0.2, 0.25) is 0 Å². The van der Waals surface area contributed by atoms with E-state index in [0.717, 1.165) is 42.6 Å². The number of hydrogen-bond acceptors (Lipinski definition) is 2. The smallest absolute Gasteiger partial charge is 0.129 e. The molecular formula is C13H18BrFN2. The minimum atomic E-state index is -0.107. The molecule has 2 rings (SSSR count). The van der Waals surface area contributed by atoms with Crippen LogP contribution in [0.3, 0.4) is 0 Å². The van der Waals surface area contributed by atoms with Crippen LogP contribution in [0.1, 0.15) is 24.9 Å². The van der Waals surface area contributed by atoms with Crippen LogP contribution < -0.4 is 5.32 Å². The van der Waals surface area contributed by atoms with Crippen molar-refractivity contribution in [2.45, 2.75) is 19.4 Å². The van der Waals surface area contributed by atoms with Crippen LogP contribution in [0.2, 0.25) is 0 Å². The highest BCUT2D eigenvalue weighted by Gasteiger charge is 2.22. The molecular weight excluding hydrogens is 283 g/mol. The van der Waals surface area contributed by atoms with E-state index in [0.29, 0.717) is 0 Å². The predicted molar refractivity (Wildman–Crippen MR) is 71.6 cm³/mol. The lowest BCUT2D eigenvalue weighted by Crippen LogP contribution is -2.45. The topological polar surface area (TPSA) is 15.3 Å². The Morgan fingerprint density at radius 2 is 2.12 bits per heavy atom. The molecule has 0 amide bonds. The summed E-state index contributed by atoms with van der Waals surface area (Å²) in [6.07, 6.45) is 0.943. The molecule has 17 heavy (non-hydrogen) atoms. The van der Waals surface area contributed by atoms with E-state index < -0.39 is 0 Å². The first-order chi connectivity index (χ1) is 8.22. The summed E-state index contributed by atoms with van der Waals surface area (Å²) in [5.41, 5.74) is 0.817. The van der Waals surface area contributed by atoms with Gasteiger partial charge in [-0.2, -0.15) is 0 Å². The maximum Gasteiger partial charge on any atom is 0.129 e. The van der Waals surface area contributed by atoms with E-state index >= 15 is 0 Å². The third-order valence-corrected chi connectivity index (χ3v) is 3.79. The molecule has 1 heterocycles. The van der Waals surface area contributed by atoms with E-state index in [4.69, 9.17) is 0 Å². The zero-order valence-electron chi connectivity index (χ0n) is 10.0. The van der Waals surface area contributed by atoms with Crippen LogP contribution in [0, 0.1) is 5.82 Å². The van der Waals surface area contributed by atoms with Crippen molar-refractivity contribution >= 4 is 15.9 Å². The number of nitrogens with one attached hydrogen (secondary N) is 1. The zero-order chi connectivity index (χ0) is 12.3. The summed E-state index contributed by atoms with van der Waals surface area (Å²) < 4.78 is 14.8. The Morgan fingerprint density at radius 1 is 1.41 bits per heavy atom. The highest BCUT2D eigenvalue weighted by atomic mass is 79.9. The van der Waals surface area contributed by atoms with Crippen LogP contribution in [0.5, 0.6) is 0 Å². The first-order valence-corrected chi connectivity index (χ1v) is 6.91. The van der Waals surface area contributed by atoms with Gasteiger partial charge in [0.1, 0.15) is 5.82 Å². The van der Waals surface area contributed by atoms with Crippen molar-refractivity contribution in [1.29, 1.82) is 0 Å². The molecule has 4 heteroatoms. The number of rotatable bonds is 3. The lowest BCUT2D eigenvalue weighted by molar-refractivity contribution is 0.166. The van der Waals surface area contributed by atoms with Crippen LogP contribution in [0.4, 0.5) is 4.39 Å². The van der Waals surface area contributed by atoms with E-state index in [9.17, 15) is 4.39 Å². The molecule has 1 aliphatic rings. The first-order valence-electron chi connectivity index (χ1n) is 6.12. The fourth-order valence-electron chi connectivity index (χ4n) is 2.44. The fourth-order valence-corrected chi connectivity index (χ4v) is 2.77. The third kappa shape index (κ3) is 3.06. The van der Waals surface area contributed by atoms with E-state index in [1.165, 1.54) is 0 Å². The number of nitrogens with zero attached hydrogens (tertiary/aromatic N) is 1. The van der Waals surface area contributed by atoms with Crippen molar-refractivity contribution in [2.75, 3.05) is 26.2 Å². The average Bonchev–Trinajstić information content (AvgIpc) is 2.34. The van der Waals surface area contributed by atoms with Crippen LogP contribution in [-0.2, 0) is 0 Å². The van der Waals surface area contributed by atoms with E-state index in [2.05, 4.69) is 33.1 Å². The van der Waals surface area contributed by atoms with Crippen molar-refractivity contribution in [2.24, 2.45) is 0 Å². The lowest BCUT2D eigenvalue weighted by atomic mass is 10.0. The van der Waals surface area contributed by atoms with Gasteiger partial charge in [0.05, 0.1) is 0 Å². The largest absolute Gasteiger partial charge is 0.314 e. The molecule has 2 nitrogen and oxygen atoms in total. The molecule has 0 aromatic heterocycles. The second-order valence-electron chi connectivity index (χ2n) is 4.38. The van der Waals surface area contributed by atoms with Crippen molar-refractivity contribution in [1.82, 2.24) is 10.2 Å². The second kappa shape index (κ2) is 5.94. The predicted octanol–water partition coefficient (Wildman–Crippen LogP) is 2.94. The van der Waals surface area contributed by atoms with Gasteiger partial charge in [-0.15, -0.1) is 0 Å². The van der Waals surface area contributed by atoms with Gasteiger partial charge < -0.3 is 5.32 Å². The molecule has 0 unspecified atom stereocenters. The minimum absolute atomic E-state index is 0.107. The van der Waals surface area contributed by atoms with Gasteiger partial charge in [0, 0.05) is 42.3 Å². The number of piperazine rings is 1. The second-order valence-corrected chi connectivity index (χ2v) is 5.29. The molecule has 1 aromatic rings. The summed E-state index contributed by atoms with van der Waals surface area (Å²) in [4.78, 5) is 2.36. The molecule has 0 aliphatic carbocycles. The first kappa shape index (κ1) is 13.0. The Morgan fingerprint density at radius 3 is 2.71 bits per heavy atom. The molecule has 1 atom stereocenters.